The molecule has 20 heavy (non-hydrogen) atoms. The van der Waals surface area contributed by atoms with Crippen LogP contribution in [0, 0.1) is 6.92 Å². The van der Waals surface area contributed by atoms with Crippen molar-refractivity contribution in [3.63, 3.8) is 0 Å². The highest BCUT2D eigenvalue weighted by Gasteiger charge is 2.07. The Morgan fingerprint density at radius 3 is 2.25 bits per heavy atom. The Balaban J connectivity index is 2.31. The molecule has 0 saturated heterocycles. The summed E-state index contributed by atoms with van der Waals surface area (Å²) in [7, 11) is 0. The first-order valence-corrected chi connectivity index (χ1v) is 8.52. The van der Waals surface area contributed by atoms with E-state index in [1.807, 2.05) is 6.92 Å². The highest BCUT2D eigenvalue weighted by molar-refractivity contribution is 9.10. The Bertz CT molecular complexity index is 468. The number of anilines is 1. The Labute approximate surface area is 130 Å². The van der Waals surface area contributed by atoms with Crippen LogP contribution < -0.4 is 11.3 Å². The average Bonchev–Trinajstić information content (AvgIpc) is 2.44. The maximum Gasteiger partial charge on any atom is 0.265 e. The quantitative estimate of drug-likeness (QED) is 0.664. The van der Waals surface area contributed by atoms with E-state index < -0.39 is 0 Å². The lowest BCUT2D eigenvalue weighted by molar-refractivity contribution is 0.537. The van der Waals surface area contributed by atoms with Crippen LogP contribution in [0.1, 0.15) is 63.9 Å². The first-order valence-electron chi connectivity index (χ1n) is 7.73. The lowest BCUT2D eigenvalue weighted by atomic mass is 10.1. The SMILES string of the molecule is CCCCCCCCCCn1cc(N)c(C)c(Br)c1=O. The van der Waals surface area contributed by atoms with E-state index in [1.54, 1.807) is 10.8 Å². The molecule has 1 heterocycles. The van der Waals surface area contributed by atoms with E-state index in [2.05, 4.69) is 22.9 Å². The summed E-state index contributed by atoms with van der Waals surface area (Å²) in [6.07, 6.45) is 11.9. The molecular weight excluding hydrogens is 316 g/mol. The molecule has 3 nitrogen and oxygen atoms in total. The number of nitrogens with two attached hydrogens (primary N) is 1. The van der Waals surface area contributed by atoms with E-state index >= 15 is 0 Å². The predicted molar refractivity (Wildman–Crippen MR) is 90.2 cm³/mol. The van der Waals surface area contributed by atoms with E-state index in [-0.39, 0.29) is 5.56 Å². The summed E-state index contributed by atoms with van der Waals surface area (Å²) >= 11 is 3.33. The summed E-state index contributed by atoms with van der Waals surface area (Å²) in [5.74, 6) is 0. The third-order valence-corrected chi connectivity index (χ3v) is 4.69. The number of rotatable bonds is 9. The van der Waals surface area contributed by atoms with Crippen LogP contribution in [-0.2, 0) is 6.54 Å². The summed E-state index contributed by atoms with van der Waals surface area (Å²) < 4.78 is 2.32. The van der Waals surface area contributed by atoms with Crippen molar-refractivity contribution in [1.82, 2.24) is 4.57 Å². The van der Waals surface area contributed by atoms with Crippen molar-refractivity contribution in [3.8, 4) is 0 Å². The minimum atomic E-state index is 0.0274. The van der Waals surface area contributed by atoms with Gasteiger partial charge in [0, 0.05) is 12.7 Å². The minimum absolute atomic E-state index is 0.0274. The van der Waals surface area contributed by atoms with Crippen LogP contribution in [0.5, 0.6) is 0 Å². The molecule has 114 valence electrons. The third-order valence-electron chi connectivity index (χ3n) is 3.76. The molecule has 2 N–H and O–H groups in total. The Hall–Kier alpha value is -0.770. The van der Waals surface area contributed by atoms with Crippen LogP contribution in [0.15, 0.2) is 15.5 Å². The van der Waals surface area contributed by atoms with Gasteiger partial charge < -0.3 is 10.3 Å². The first kappa shape index (κ1) is 17.3. The molecule has 0 fully saturated rings. The summed E-state index contributed by atoms with van der Waals surface area (Å²) in [6, 6.07) is 0. The molecule has 1 aromatic rings. The lowest BCUT2D eigenvalue weighted by Gasteiger charge is -2.10. The fourth-order valence-corrected chi connectivity index (χ4v) is 2.78. The number of hydrogen-bond acceptors (Lipinski definition) is 2. The van der Waals surface area contributed by atoms with Gasteiger partial charge in [0.15, 0.2) is 0 Å². The van der Waals surface area contributed by atoms with Gasteiger partial charge in [-0.05, 0) is 34.8 Å². The van der Waals surface area contributed by atoms with Gasteiger partial charge >= 0.3 is 0 Å². The van der Waals surface area contributed by atoms with Gasteiger partial charge in [-0.15, -0.1) is 0 Å². The van der Waals surface area contributed by atoms with Gasteiger partial charge in [0.1, 0.15) is 0 Å². The molecule has 4 heteroatoms. The van der Waals surface area contributed by atoms with Gasteiger partial charge in [-0.1, -0.05) is 51.9 Å². The van der Waals surface area contributed by atoms with Gasteiger partial charge in [-0.25, -0.2) is 0 Å². The topological polar surface area (TPSA) is 48.0 Å². The Morgan fingerprint density at radius 1 is 1.10 bits per heavy atom. The number of nitrogen functional groups attached to an aromatic ring is 1. The van der Waals surface area contributed by atoms with E-state index in [4.69, 9.17) is 5.73 Å². The molecule has 1 rings (SSSR count). The molecule has 0 atom stereocenters. The lowest BCUT2D eigenvalue weighted by Crippen LogP contribution is -2.22. The van der Waals surface area contributed by atoms with Gasteiger partial charge in [-0.2, -0.15) is 0 Å². The van der Waals surface area contributed by atoms with Crippen LogP contribution in [0.25, 0.3) is 0 Å². The zero-order valence-electron chi connectivity index (χ0n) is 12.8. The van der Waals surface area contributed by atoms with Crippen molar-refractivity contribution in [1.29, 1.82) is 0 Å². The third kappa shape index (κ3) is 5.31. The van der Waals surface area contributed by atoms with Crippen molar-refractivity contribution in [3.05, 3.63) is 26.6 Å². The van der Waals surface area contributed by atoms with Crippen molar-refractivity contribution in [2.75, 3.05) is 5.73 Å². The first-order chi connectivity index (χ1) is 9.57. The highest BCUT2D eigenvalue weighted by Crippen LogP contribution is 2.17. The van der Waals surface area contributed by atoms with Crippen LogP contribution in [0.2, 0.25) is 0 Å². The van der Waals surface area contributed by atoms with Crippen molar-refractivity contribution in [2.24, 2.45) is 0 Å². The standard InChI is InChI=1S/C16H27BrN2O/c1-3-4-5-6-7-8-9-10-11-19-12-14(18)13(2)15(17)16(19)20/h12H,3-11,18H2,1-2H3. The maximum atomic E-state index is 12.0. The average molecular weight is 343 g/mol. The monoisotopic (exact) mass is 342 g/mol. The molecule has 0 radical (unpaired) electrons. The molecule has 0 saturated carbocycles. The van der Waals surface area contributed by atoms with Gasteiger partial charge in [0.2, 0.25) is 0 Å². The van der Waals surface area contributed by atoms with Crippen LogP contribution in [-0.4, -0.2) is 4.57 Å². The van der Waals surface area contributed by atoms with Crippen LogP contribution >= 0.6 is 15.9 Å². The van der Waals surface area contributed by atoms with Gasteiger partial charge in [-0.3, -0.25) is 4.79 Å². The molecule has 0 unspecified atom stereocenters. The van der Waals surface area contributed by atoms with Crippen molar-refractivity contribution < 1.29 is 0 Å². The summed E-state index contributed by atoms with van der Waals surface area (Å²) in [5, 5.41) is 0. The van der Waals surface area contributed by atoms with E-state index in [9.17, 15) is 4.79 Å². The maximum absolute atomic E-state index is 12.0. The second kappa shape index (κ2) is 9.22. The molecule has 0 aliphatic carbocycles. The summed E-state index contributed by atoms with van der Waals surface area (Å²) in [5.41, 5.74) is 7.44. The number of aromatic nitrogens is 1. The van der Waals surface area contributed by atoms with Crippen LogP contribution in [0.4, 0.5) is 5.69 Å². The number of nitrogens with zero attached hydrogens (tertiary/aromatic N) is 1. The summed E-state index contributed by atoms with van der Waals surface area (Å²) in [4.78, 5) is 12.0. The van der Waals surface area contributed by atoms with Crippen molar-refractivity contribution >= 4 is 21.6 Å². The summed E-state index contributed by atoms with van der Waals surface area (Å²) in [6.45, 7) is 4.86. The smallest absolute Gasteiger partial charge is 0.265 e. The molecule has 0 aliphatic heterocycles. The predicted octanol–water partition coefficient (Wildman–Crippen LogP) is 4.64. The van der Waals surface area contributed by atoms with Crippen molar-refractivity contribution in [2.45, 2.75) is 71.8 Å². The largest absolute Gasteiger partial charge is 0.397 e. The minimum Gasteiger partial charge on any atom is -0.397 e. The molecule has 0 amide bonds. The molecule has 0 aromatic carbocycles. The highest BCUT2D eigenvalue weighted by atomic mass is 79.9. The molecule has 0 bridgehead atoms. The van der Waals surface area contributed by atoms with Crippen LogP contribution in [0.3, 0.4) is 0 Å². The van der Waals surface area contributed by atoms with E-state index in [0.29, 0.717) is 10.2 Å². The Kier molecular flexibility index (Phi) is 7.97. The molecular formula is C16H27BrN2O. The fraction of sp³-hybridized carbons (Fsp3) is 0.688. The second-order valence-electron chi connectivity index (χ2n) is 5.50. The number of pyridine rings is 1. The fourth-order valence-electron chi connectivity index (χ4n) is 2.32. The number of unbranched alkanes of at least 4 members (excludes halogenated alkanes) is 7. The Morgan fingerprint density at radius 2 is 1.65 bits per heavy atom. The number of hydrogen-bond donors (Lipinski definition) is 1. The van der Waals surface area contributed by atoms with E-state index in [0.717, 1.165) is 18.5 Å². The van der Waals surface area contributed by atoms with Gasteiger partial charge in [0.25, 0.3) is 5.56 Å². The van der Waals surface area contributed by atoms with Gasteiger partial charge in [0.05, 0.1) is 10.2 Å². The second-order valence-corrected chi connectivity index (χ2v) is 6.29. The molecule has 0 aliphatic rings. The number of halogens is 1. The zero-order valence-corrected chi connectivity index (χ0v) is 14.3. The van der Waals surface area contributed by atoms with E-state index in [1.165, 1.54) is 44.9 Å². The normalized spacial score (nSPS) is 10.9. The number of aryl methyl sites for hydroxylation is 1. The molecule has 1 aromatic heterocycles. The zero-order chi connectivity index (χ0) is 15.0. The molecule has 0 spiro atoms.